The molecule has 1 amide bonds. The van der Waals surface area contributed by atoms with Crippen molar-refractivity contribution < 1.29 is 27.4 Å². The molecule has 9 nitrogen and oxygen atoms in total. The van der Waals surface area contributed by atoms with Crippen molar-refractivity contribution in [3.63, 3.8) is 0 Å². The van der Waals surface area contributed by atoms with Crippen LogP contribution < -0.4 is 25.1 Å². The van der Waals surface area contributed by atoms with Gasteiger partial charge in [-0.1, -0.05) is 12.1 Å². The second-order valence-electron chi connectivity index (χ2n) is 7.46. The molecule has 1 N–H and O–H groups in total. The molecule has 0 atom stereocenters. The molecule has 2 aromatic carbocycles. The number of sulfone groups is 1. The lowest BCUT2D eigenvalue weighted by atomic mass is 10.2. The van der Waals surface area contributed by atoms with Crippen LogP contribution in [-0.2, 0) is 21.2 Å². The van der Waals surface area contributed by atoms with Crippen LogP contribution in [0.3, 0.4) is 0 Å². The summed E-state index contributed by atoms with van der Waals surface area (Å²) >= 11 is 0. The standard InChI is InChI=1S/C24H26N2O7S/c1-15-12-16(2)26(14-22(27)25-18-8-6-7-9-19(18)31-3)24(28)23(15)34(29,30)17-10-11-20(32-4)21(13-17)33-5/h6-13H,14H2,1-5H3,(H,25,27). The molecule has 34 heavy (non-hydrogen) atoms. The number of anilines is 1. The number of methoxy groups -OCH3 is 3. The molecular weight excluding hydrogens is 460 g/mol. The molecule has 0 radical (unpaired) electrons. The van der Waals surface area contributed by atoms with Gasteiger partial charge in [0.05, 0.1) is 31.9 Å². The van der Waals surface area contributed by atoms with Gasteiger partial charge in [-0.05, 0) is 49.7 Å². The van der Waals surface area contributed by atoms with Crippen molar-refractivity contribution in [3.8, 4) is 17.2 Å². The maximum atomic E-state index is 13.4. The van der Waals surface area contributed by atoms with Gasteiger partial charge in [-0.3, -0.25) is 9.59 Å². The zero-order chi connectivity index (χ0) is 25.0. The van der Waals surface area contributed by atoms with E-state index in [2.05, 4.69) is 5.32 Å². The number of carbonyl (C=O) groups is 1. The van der Waals surface area contributed by atoms with E-state index in [1.54, 1.807) is 44.2 Å². The highest BCUT2D eigenvalue weighted by molar-refractivity contribution is 7.91. The minimum atomic E-state index is -4.22. The summed E-state index contributed by atoms with van der Waals surface area (Å²) in [6.07, 6.45) is 0. The Morgan fingerprint density at radius 3 is 2.21 bits per heavy atom. The van der Waals surface area contributed by atoms with Gasteiger partial charge in [-0.15, -0.1) is 0 Å². The average Bonchev–Trinajstić information content (AvgIpc) is 2.81. The van der Waals surface area contributed by atoms with E-state index < -0.39 is 26.2 Å². The van der Waals surface area contributed by atoms with Crippen LogP contribution in [0.1, 0.15) is 11.3 Å². The molecule has 0 bridgehead atoms. The first-order valence-corrected chi connectivity index (χ1v) is 11.7. The minimum Gasteiger partial charge on any atom is -0.495 e. The third kappa shape index (κ3) is 4.76. The maximum Gasteiger partial charge on any atom is 0.270 e. The quantitative estimate of drug-likeness (QED) is 0.521. The number of aromatic nitrogens is 1. The highest BCUT2D eigenvalue weighted by Gasteiger charge is 2.27. The normalized spacial score (nSPS) is 11.1. The summed E-state index contributed by atoms with van der Waals surface area (Å²) in [6, 6.07) is 12.5. The summed E-state index contributed by atoms with van der Waals surface area (Å²) in [5, 5.41) is 2.69. The Bertz CT molecular complexity index is 1390. The van der Waals surface area contributed by atoms with E-state index in [0.29, 0.717) is 22.9 Å². The fraction of sp³-hybridized carbons (Fsp3) is 0.250. The molecule has 1 aromatic heterocycles. The van der Waals surface area contributed by atoms with Crippen molar-refractivity contribution in [2.24, 2.45) is 0 Å². The molecule has 0 saturated heterocycles. The minimum absolute atomic E-state index is 0.126. The monoisotopic (exact) mass is 486 g/mol. The zero-order valence-corrected chi connectivity index (χ0v) is 20.4. The van der Waals surface area contributed by atoms with Crippen LogP contribution in [0, 0.1) is 13.8 Å². The van der Waals surface area contributed by atoms with Crippen molar-refractivity contribution >= 4 is 21.4 Å². The van der Waals surface area contributed by atoms with Crippen molar-refractivity contribution in [2.45, 2.75) is 30.2 Å². The van der Waals surface area contributed by atoms with E-state index in [4.69, 9.17) is 14.2 Å². The number of benzene rings is 2. The highest BCUT2D eigenvalue weighted by atomic mass is 32.2. The zero-order valence-electron chi connectivity index (χ0n) is 19.5. The predicted molar refractivity (Wildman–Crippen MR) is 127 cm³/mol. The third-order valence-electron chi connectivity index (χ3n) is 5.27. The first-order valence-electron chi connectivity index (χ1n) is 10.2. The van der Waals surface area contributed by atoms with Gasteiger partial charge in [0.15, 0.2) is 11.5 Å². The van der Waals surface area contributed by atoms with Crippen molar-refractivity contribution in [1.82, 2.24) is 4.57 Å². The highest BCUT2D eigenvalue weighted by Crippen LogP contribution is 2.32. The van der Waals surface area contributed by atoms with Crippen LogP contribution in [0.4, 0.5) is 5.69 Å². The van der Waals surface area contributed by atoms with Crippen LogP contribution in [0.5, 0.6) is 17.2 Å². The topological polar surface area (TPSA) is 113 Å². The summed E-state index contributed by atoms with van der Waals surface area (Å²) < 4.78 is 43.6. The van der Waals surface area contributed by atoms with Crippen LogP contribution in [-0.4, -0.2) is 40.2 Å². The lowest BCUT2D eigenvalue weighted by molar-refractivity contribution is -0.116. The van der Waals surface area contributed by atoms with E-state index in [9.17, 15) is 18.0 Å². The van der Waals surface area contributed by atoms with Crippen molar-refractivity contribution in [1.29, 1.82) is 0 Å². The second-order valence-corrected chi connectivity index (χ2v) is 9.34. The Morgan fingerprint density at radius 2 is 1.56 bits per heavy atom. The number of amides is 1. The fourth-order valence-corrected chi connectivity index (χ4v) is 5.18. The summed E-state index contributed by atoms with van der Waals surface area (Å²) in [5.41, 5.74) is 0.371. The summed E-state index contributed by atoms with van der Waals surface area (Å²) in [6.45, 7) is 2.80. The van der Waals surface area contributed by atoms with Crippen LogP contribution in [0.25, 0.3) is 0 Å². The largest absolute Gasteiger partial charge is 0.495 e. The molecule has 0 aliphatic carbocycles. The summed E-state index contributed by atoms with van der Waals surface area (Å²) in [7, 11) is 0.0770. The molecule has 1 heterocycles. The molecule has 0 fully saturated rings. The number of rotatable bonds is 8. The predicted octanol–water partition coefficient (Wildman–Crippen LogP) is 2.96. The molecule has 0 aliphatic rings. The number of aryl methyl sites for hydroxylation is 2. The molecule has 0 aliphatic heterocycles. The fourth-order valence-electron chi connectivity index (χ4n) is 3.61. The molecule has 0 saturated carbocycles. The third-order valence-corrected chi connectivity index (χ3v) is 7.17. The lowest BCUT2D eigenvalue weighted by Gasteiger charge is -2.16. The number of hydrogen-bond acceptors (Lipinski definition) is 7. The summed E-state index contributed by atoms with van der Waals surface area (Å²) in [5.74, 6) is 0.519. The summed E-state index contributed by atoms with van der Waals surface area (Å²) in [4.78, 5) is 25.5. The first kappa shape index (κ1) is 24.8. The van der Waals surface area contributed by atoms with Crippen LogP contribution in [0.15, 0.2) is 63.1 Å². The Labute approximate surface area is 197 Å². The van der Waals surface area contributed by atoms with Gasteiger partial charge in [-0.2, -0.15) is 0 Å². The SMILES string of the molecule is COc1ccccc1NC(=O)Cn1c(C)cc(C)c(S(=O)(=O)c2ccc(OC)c(OC)c2)c1=O. The Morgan fingerprint density at radius 1 is 0.912 bits per heavy atom. The molecule has 3 aromatic rings. The van der Waals surface area contributed by atoms with Gasteiger partial charge < -0.3 is 24.1 Å². The number of carbonyl (C=O) groups excluding carboxylic acids is 1. The molecule has 180 valence electrons. The average molecular weight is 487 g/mol. The van der Waals surface area contributed by atoms with Crippen molar-refractivity contribution in [2.75, 3.05) is 26.6 Å². The number of hydrogen-bond donors (Lipinski definition) is 1. The van der Waals surface area contributed by atoms with E-state index in [1.165, 1.54) is 39.5 Å². The van der Waals surface area contributed by atoms with Crippen molar-refractivity contribution in [3.05, 3.63) is 70.1 Å². The molecule has 0 spiro atoms. The number of pyridine rings is 1. The Kier molecular flexibility index (Phi) is 7.31. The van der Waals surface area contributed by atoms with Crippen LogP contribution >= 0.6 is 0 Å². The first-order chi connectivity index (χ1) is 16.1. The smallest absolute Gasteiger partial charge is 0.270 e. The van der Waals surface area contributed by atoms with Gasteiger partial charge in [0.2, 0.25) is 15.7 Å². The van der Waals surface area contributed by atoms with Gasteiger partial charge in [0, 0.05) is 11.8 Å². The van der Waals surface area contributed by atoms with E-state index in [1.807, 2.05) is 0 Å². The Balaban J connectivity index is 2.03. The Hall–Kier alpha value is -3.79. The van der Waals surface area contributed by atoms with Gasteiger partial charge in [-0.25, -0.2) is 8.42 Å². The molecule has 3 rings (SSSR count). The molecule has 10 heteroatoms. The van der Waals surface area contributed by atoms with Gasteiger partial charge in [0.25, 0.3) is 5.56 Å². The van der Waals surface area contributed by atoms with Crippen LogP contribution in [0.2, 0.25) is 0 Å². The molecule has 0 unspecified atom stereocenters. The van der Waals surface area contributed by atoms with E-state index in [0.717, 1.165) is 4.57 Å². The number of para-hydroxylation sites is 2. The van der Waals surface area contributed by atoms with Gasteiger partial charge in [0.1, 0.15) is 17.2 Å². The number of ether oxygens (including phenoxy) is 3. The maximum absolute atomic E-state index is 13.4. The van der Waals surface area contributed by atoms with E-state index in [-0.39, 0.29) is 22.8 Å². The number of nitrogens with zero attached hydrogens (tertiary/aromatic N) is 1. The number of nitrogens with one attached hydrogen (secondary N) is 1. The second kappa shape index (κ2) is 10.0. The molecular formula is C24H26N2O7S. The lowest BCUT2D eigenvalue weighted by Crippen LogP contribution is -2.33. The van der Waals surface area contributed by atoms with E-state index >= 15 is 0 Å². The van der Waals surface area contributed by atoms with Gasteiger partial charge >= 0.3 is 0 Å².